The number of halogens is 3. The summed E-state index contributed by atoms with van der Waals surface area (Å²) in [5, 5.41) is 1.41. The molecule has 1 saturated heterocycles. The first kappa shape index (κ1) is 17.8. The van der Waals surface area contributed by atoms with Gasteiger partial charge in [-0.05, 0) is 42.7 Å². The Balaban J connectivity index is 1.87. The van der Waals surface area contributed by atoms with E-state index in [1.54, 1.807) is 0 Å². The summed E-state index contributed by atoms with van der Waals surface area (Å²) in [5.41, 5.74) is 8.86. The maximum Gasteiger partial charge on any atom is 0.128 e. The summed E-state index contributed by atoms with van der Waals surface area (Å²) in [4.78, 5) is 7.00. The molecule has 0 amide bonds. The van der Waals surface area contributed by atoms with E-state index in [0.29, 0.717) is 21.6 Å². The highest BCUT2D eigenvalue weighted by Crippen LogP contribution is 2.40. The van der Waals surface area contributed by atoms with E-state index in [-0.39, 0.29) is 5.41 Å². The van der Waals surface area contributed by atoms with Crippen molar-refractivity contribution in [2.75, 3.05) is 18.0 Å². The first-order valence-electron chi connectivity index (χ1n) is 7.90. The Morgan fingerprint density at radius 2 is 1.88 bits per heavy atom. The van der Waals surface area contributed by atoms with Crippen molar-refractivity contribution >= 4 is 40.6 Å². The Bertz CT molecular complexity index is 755. The van der Waals surface area contributed by atoms with Gasteiger partial charge in [-0.1, -0.05) is 47.8 Å². The highest BCUT2D eigenvalue weighted by molar-refractivity contribution is 6.48. The quantitative estimate of drug-likeness (QED) is 0.759. The third kappa shape index (κ3) is 3.23. The molecule has 3 nitrogen and oxygen atoms in total. The molecule has 128 valence electrons. The monoisotopic (exact) mass is 383 g/mol. The minimum Gasteiger partial charge on any atom is -0.356 e. The van der Waals surface area contributed by atoms with E-state index in [0.717, 1.165) is 42.1 Å². The van der Waals surface area contributed by atoms with Crippen molar-refractivity contribution in [3.05, 3.63) is 56.2 Å². The number of aromatic nitrogens is 1. The van der Waals surface area contributed by atoms with Crippen molar-refractivity contribution in [1.29, 1.82) is 0 Å². The van der Waals surface area contributed by atoms with Crippen LogP contribution >= 0.6 is 34.8 Å². The molecule has 1 aromatic carbocycles. The van der Waals surface area contributed by atoms with Crippen LogP contribution in [0.2, 0.25) is 15.1 Å². The van der Waals surface area contributed by atoms with E-state index < -0.39 is 0 Å². The van der Waals surface area contributed by atoms with Crippen LogP contribution in [0.1, 0.15) is 30.2 Å². The summed E-state index contributed by atoms with van der Waals surface area (Å²) in [6, 6.07) is 7.96. The molecule has 1 atom stereocenters. The van der Waals surface area contributed by atoms with Crippen LogP contribution in [0.15, 0.2) is 24.3 Å². The number of aryl methyl sites for hydroxylation is 1. The lowest BCUT2D eigenvalue weighted by Gasteiger charge is -2.26. The molecule has 1 aliphatic rings. The van der Waals surface area contributed by atoms with E-state index >= 15 is 0 Å². The van der Waals surface area contributed by atoms with Crippen molar-refractivity contribution in [1.82, 2.24) is 4.98 Å². The zero-order valence-corrected chi connectivity index (χ0v) is 16.0. The second-order valence-electron chi connectivity index (χ2n) is 6.60. The highest BCUT2D eigenvalue weighted by atomic mass is 35.5. The van der Waals surface area contributed by atoms with E-state index in [2.05, 4.69) is 17.9 Å². The molecule has 1 fully saturated rings. The Kier molecular flexibility index (Phi) is 4.99. The first-order chi connectivity index (χ1) is 11.3. The molecule has 6 heteroatoms. The molecule has 0 radical (unpaired) electrons. The highest BCUT2D eigenvalue weighted by Gasteiger charge is 2.36. The zero-order chi connectivity index (χ0) is 17.5. The number of rotatable bonds is 3. The largest absolute Gasteiger partial charge is 0.356 e. The maximum atomic E-state index is 6.21. The Morgan fingerprint density at radius 1 is 1.21 bits per heavy atom. The van der Waals surface area contributed by atoms with E-state index in [1.165, 1.54) is 0 Å². The fourth-order valence-electron chi connectivity index (χ4n) is 3.26. The molecular weight excluding hydrogens is 365 g/mol. The zero-order valence-electron chi connectivity index (χ0n) is 13.7. The Hall–Kier alpha value is -1.00. The summed E-state index contributed by atoms with van der Waals surface area (Å²) in [5.74, 6) is 0.986. The third-order valence-electron chi connectivity index (χ3n) is 4.88. The van der Waals surface area contributed by atoms with Crippen LogP contribution in [0.5, 0.6) is 0 Å². The molecular formula is C18H20Cl3N3. The minimum atomic E-state index is -0.0417. The van der Waals surface area contributed by atoms with Gasteiger partial charge in [0.15, 0.2) is 0 Å². The average molecular weight is 385 g/mol. The molecule has 0 spiro atoms. The summed E-state index contributed by atoms with van der Waals surface area (Å²) in [6.45, 7) is 6.53. The van der Waals surface area contributed by atoms with Gasteiger partial charge < -0.3 is 10.6 Å². The smallest absolute Gasteiger partial charge is 0.128 e. The normalized spacial score (nSPS) is 20.7. The van der Waals surface area contributed by atoms with E-state index in [9.17, 15) is 0 Å². The topological polar surface area (TPSA) is 42.2 Å². The fourth-order valence-corrected chi connectivity index (χ4v) is 3.86. The molecule has 1 unspecified atom stereocenters. The second-order valence-corrected chi connectivity index (χ2v) is 7.80. The van der Waals surface area contributed by atoms with Gasteiger partial charge >= 0.3 is 0 Å². The predicted octanol–water partition coefficient (Wildman–Crippen LogP) is 4.98. The number of benzene rings is 1. The summed E-state index contributed by atoms with van der Waals surface area (Å²) in [7, 11) is 0. The summed E-state index contributed by atoms with van der Waals surface area (Å²) >= 11 is 18.5. The fraction of sp³-hybridized carbons (Fsp3) is 0.389. The molecule has 1 aliphatic heterocycles. The SMILES string of the molecule is Cc1nc(N2CCC(C)(c3cc(Cl)c(Cl)c(Cl)c3)C2)ccc1CN. The lowest BCUT2D eigenvalue weighted by molar-refractivity contribution is 0.531. The lowest BCUT2D eigenvalue weighted by Crippen LogP contribution is -2.28. The Morgan fingerprint density at radius 3 is 2.46 bits per heavy atom. The standard InChI is InChI=1S/C18H20Cl3N3/c1-11-12(9-22)3-4-16(23-11)24-6-5-18(2,10-24)13-7-14(19)17(21)15(20)8-13/h3-4,7-8H,5-6,9-10,22H2,1-2H3. The molecule has 2 N–H and O–H groups in total. The molecule has 1 aromatic heterocycles. The van der Waals surface area contributed by atoms with Crippen LogP contribution in [0.4, 0.5) is 5.82 Å². The number of hydrogen-bond donors (Lipinski definition) is 1. The van der Waals surface area contributed by atoms with Gasteiger partial charge in [-0.25, -0.2) is 4.98 Å². The molecule has 24 heavy (non-hydrogen) atoms. The average Bonchev–Trinajstić information content (AvgIpc) is 2.95. The van der Waals surface area contributed by atoms with Crippen molar-refractivity contribution < 1.29 is 0 Å². The Labute approximate surface area is 157 Å². The lowest BCUT2D eigenvalue weighted by atomic mass is 9.82. The van der Waals surface area contributed by atoms with Gasteiger partial charge in [0.05, 0.1) is 15.1 Å². The minimum absolute atomic E-state index is 0.0417. The van der Waals surface area contributed by atoms with Crippen molar-refractivity contribution in [3.63, 3.8) is 0 Å². The van der Waals surface area contributed by atoms with Gasteiger partial charge in [0.1, 0.15) is 5.82 Å². The molecule has 3 rings (SSSR count). The molecule has 2 aromatic rings. The number of nitrogens with zero attached hydrogens (tertiary/aromatic N) is 2. The molecule has 0 bridgehead atoms. The van der Waals surface area contributed by atoms with Gasteiger partial charge in [0.25, 0.3) is 0 Å². The van der Waals surface area contributed by atoms with Gasteiger partial charge in [0.2, 0.25) is 0 Å². The van der Waals surface area contributed by atoms with E-state index in [1.807, 2.05) is 25.1 Å². The molecule has 0 aliphatic carbocycles. The first-order valence-corrected chi connectivity index (χ1v) is 9.04. The van der Waals surface area contributed by atoms with E-state index in [4.69, 9.17) is 45.5 Å². The van der Waals surface area contributed by atoms with Crippen molar-refractivity contribution in [2.45, 2.75) is 32.2 Å². The van der Waals surface area contributed by atoms with Crippen LogP contribution in [0, 0.1) is 6.92 Å². The number of pyridine rings is 1. The van der Waals surface area contributed by atoms with Gasteiger partial charge in [-0.2, -0.15) is 0 Å². The van der Waals surface area contributed by atoms with Gasteiger partial charge in [-0.15, -0.1) is 0 Å². The van der Waals surface area contributed by atoms with Gasteiger partial charge in [-0.3, -0.25) is 0 Å². The predicted molar refractivity (Wildman–Crippen MR) is 103 cm³/mol. The summed E-state index contributed by atoms with van der Waals surface area (Å²) < 4.78 is 0. The number of anilines is 1. The summed E-state index contributed by atoms with van der Waals surface area (Å²) in [6.07, 6.45) is 1.00. The van der Waals surface area contributed by atoms with Gasteiger partial charge in [0, 0.05) is 30.7 Å². The second kappa shape index (κ2) is 6.72. The van der Waals surface area contributed by atoms with Crippen LogP contribution < -0.4 is 10.6 Å². The van der Waals surface area contributed by atoms with Crippen LogP contribution in [0.25, 0.3) is 0 Å². The van der Waals surface area contributed by atoms with Crippen LogP contribution in [0.3, 0.4) is 0 Å². The molecule has 2 heterocycles. The maximum absolute atomic E-state index is 6.21. The van der Waals surface area contributed by atoms with Crippen molar-refractivity contribution in [3.8, 4) is 0 Å². The number of hydrogen-bond acceptors (Lipinski definition) is 3. The number of nitrogens with two attached hydrogens (primary N) is 1. The third-order valence-corrected chi connectivity index (χ3v) is 6.08. The van der Waals surface area contributed by atoms with Crippen molar-refractivity contribution in [2.24, 2.45) is 5.73 Å². The molecule has 0 saturated carbocycles. The van der Waals surface area contributed by atoms with Crippen LogP contribution in [-0.2, 0) is 12.0 Å². The van der Waals surface area contributed by atoms with Crippen LogP contribution in [-0.4, -0.2) is 18.1 Å².